The third-order valence-corrected chi connectivity index (χ3v) is 0.784. The highest BCUT2D eigenvalue weighted by atomic mass is 16.5. The van der Waals surface area contributed by atoms with Gasteiger partial charge in [-0.1, -0.05) is 0 Å². The first kappa shape index (κ1) is 9.27. The Morgan fingerprint density at radius 1 is 1.70 bits per heavy atom. The summed E-state index contributed by atoms with van der Waals surface area (Å²) in [6.07, 6.45) is 0.254. The minimum absolute atomic E-state index is 0.136. The Hall–Kier alpha value is -0.730. The van der Waals surface area contributed by atoms with E-state index >= 15 is 0 Å². The quantitative estimate of drug-likeness (QED) is 0.649. The van der Waals surface area contributed by atoms with Crippen LogP contribution in [0.2, 0.25) is 0 Å². The fraction of sp³-hybridized carbons (Fsp3) is 0.714. The second-order valence-corrected chi connectivity index (χ2v) is 2.29. The highest BCUT2D eigenvalue weighted by Crippen LogP contribution is 1.83. The standard InChI is InChI=1S/C7H14NO2/c1-4-5-10-7(9)8-6(2)3/h6H,1,4-5H2,2-3H3,(H,8,9). The molecule has 1 radical (unpaired) electrons. The van der Waals surface area contributed by atoms with Crippen molar-refractivity contribution < 1.29 is 9.53 Å². The molecule has 0 aliphatic carbocycles. The molecule has 0 heterocycles. The first-order valence-electron chi connectivity index (χ1n) is 3.39. The van der Waals surface area contributed by atoms with E-state index in [2.05, 4.69) is 17.0 Å². The topological polar surface area (TPSA) is 38.3 Å². The average Bonchev–Trinajstić information content (AvgIpc) is 1.82. The summed E-state index contributed by atoms with van der Waals surface area (Å²) >= 11 is 0. The molecule has 0 aliphatic heterocycles. The molecule has 3 heteroatoms. The summed E-state index contributed by atoms with van der Waals surface area (Å²) < 4.78 is 4.69. The summed E-state index contributed by atoms with van der Waals surface area (Å²) in [5, 5.41) is 2.59. The smallest absolute Gasteiger partial charge is 0.407 e. The van der Waals surface area contributed by atoms with Crippen LogP contribution in [0.15, 0.2) is 0 Å². The molecule has 0 fully saturated rings. The van der Waals surface area contributed by atoms with Crippen molar-refractivity contribution in [1.29, 1.82) is 0 Å². The SMILES string of the molecule is [CH2]CCOC(=O)NC(C)C. The Kier molecular flexibility index (Phi) is 4.72. The molecule has 0 aromatic rings. The maximum Gasteiger partial charge on any atom is 0.407 e. The number of rotatable bonds is 3. The first-order chi connectivity index (χ1) is 4.66. The van der Waals surface area contributed by atoms with Crippen molar-refractivity contribution in [3.05, 3.63) is 6.92 Å². The summed E-state index contributed by atoms with van der Waals surface area (Å²) in [4.78, 5) is 10.7. The van der Waals surface area contributed by atoms with Gasteiger partial charge >= 0.3 is 6.09 Å². The lowest BCUT2D eigenvalue weighted by atomic mass is 10.4. The molecule has 1 N–H and O–H groups in total. The molecule has 0 atom stereocenters. The molecule has 59 valence electrons. The number of alkyl carbamates (subject to hydrolysis) is 1. The highest BCUT2D eigenvalue weighted by molar-refractivity contribution is 5.67. The second-order valence-electron chi connectivity index (χ2n) is 2.29. The number of hydrogen-bond acceptors (Lipinski definition) is 2. The zero-order valence-corrected chi connectivity index (χ0v) is 6.52. The minimum Gasteiger partial charge on any atom is -0.450 e. The van der Waals surface area contributed by atoms with Crippen LogP contribution in [-0.2, 0) is 4.74 Å². The molecule has 0 spiro atoms. The molecule has 0 saturated carbocycles. The Morgan fingerprint density at radius 3 is 2.70 bits per heavy atom. The van der Waals surface area contributed by atoms with Crippen LogP contribution in [0.5, 0.6) is 0 Å². The molecular formula is C7H14NO2. The van der Waals surface area contributed by atoms with E-state index in [0.29, 0.717) is 13.0 Å². The molecule has 1 amide bonds. The summed E-state index contributed by atoms with van der Waals surface area (Å²) in [7, 11) is 0. The maximum absolute atomic E-state index is 10.7. The second kappa shape index (κ2) is 5.09. The normalized spacial score (nSPS) is 9.60. The number of nitrogens with one attached hydrogen (secondary N) is 1. The highest BCUT2D eigenvalue weighted by Gasteiger charge is 2.00. The van der Waals surface area contributed by atoms with Crippen molar-refractivity contribution in [3.8, 4) is 0 Å². The van der Waals surface area contributed by atoms with Crippen LogP contribution in [0.1, 0.15) is 20.3 Å². The number of hydrogen-bond donors (Lipinski definition) is 1. The lowest BCUT2D eigenvalue weighted by Gasteiger charge is -2.07. The lowest BCUT2D eigenvalue weighted by molar-refractivity contribution is 0.145. The van der Waals surface area contributed by atoms with Crippen molar-refractivity contribution in [2.24, 2.45) is 0 Å². The summed E-state index contributed by atoms with van der Waals surface area (Å²) in [5.74, 6) is 0. The third kappa shape index (κ3) is 5.41. The molecule has 0 rings (SSSR count). The molecule has 0 saturated heterocycles. The summed E-state index contributed by atoms with van der Waals surface area (Å²) in [5.41, 5.74) is 0. The first-order valence-corrected chi connectivity index (χ1v) is 3.39. The van der Waals surface area contributed by atoms with Gasteiger partial charge in [0.15, 0.2) is 0 Å². The van der Waals surface area contributed by atoms with Crippen molar-refractivity contribution in [1.82, 2.24) is 5.32 Å². The van der Waals surface area contributed by atoms with Gasteiger partial charge in [0.05, 0.1) is 6.61 Å². The van der Waals surface area contributed by atoms with E-state index in [1.807, 2.05) is 13.8 Å². The van der Waals surface area contributed by atoms with Gasteiger partial charge in [0.1, 0.15) is 0 Å². The van der Waals surface area contributed by atoms with Gasteiger partial charge in [-0.05, 0) is 27.2 Å². The van der Waals surface area contributed by atoms with Crippen LogP contribution in [0.4, 0.5) is 4.79 Å². The predicted molar refractivity (Wildman–Crippen MR) is 39.6 cm³/mol. The van der Waals surface area contributed by atoms with E-state index in [-0.39, 0.29) is 12.1 Å². The number of amides is 1. The van der Waals surface area contributed by atoms with Crippen molar-refractivity contribution in [2.45, 2.75) is 26.3 Å². The number of carbonyl (C=O) groups is 1. The van der Waals surface area contributed by atoms with Gasteiger partial charge in [-0.25, -0.2) is 4.79 Å². The largest absolute Gasteiger partial charge is 0.450 e. The van der Waals surface area contributed by atoms with Crippen LogP contribution >= 0.6 is 0 Å². The maximum atomic E-state index is 10.7. The van der Waals surface area contributed by atoms with Crippen molar-refractivity contribution >= 4 is 6.09 Å². The van der Waals surface area contributed by atoms with E-state index in [4.69, 9.17) is 0 Å². The van der Waals surface area contributed by atoms with Gasteiger partial charge in [0.2, 0.25) is 0 Å². The summed E-state index contributed by atoms with van der Waals surface area (Å²) in [6.45, 7) is 7.68. The molecule has 0 aromatic carbocycles. The molecular weight excluding hydrogens is 130 g/mol. The van der Waals surface area contributed by atoms with Crippen LogP contribution in [0, 0.1) is 6.92 Å². The molecule has 0 bridgehead atoms. The van der Waals surface area contributed by atoms with Crippen molar-refractivity contribution in [2.75, 3.05) is 6.61 Å². The predicted octanol–water partition coefficient (Wildman–Crippen LogP) is 1.35. The fourth-order valence-electron chi connectivity index (χ4n) is 0.442. The van der Waals surface area contributed by atoms with Gasteiger partial charge in [0.25, 0.3) is 0 Å². The van der Waals surface area contributed by atoms with E-state index < -0.39 is 0 Å². The molecule has 0 unspecified atom stereocenters. The van der Waals surface area contributed by atoms with Gasteiger partial charge in [-0.3, -0.25) is 0 Å². The van der Waals surface area contributed by atoms with E-state index in [1.54, 1.807) is 0 Å². The fourth-order valence-corrected chi connectivity index (χ4v) is 0.442. The molecule has 0 aliphatic rings. The van der Waals surface area contributed by atoms with Gasteiger partial charge in [-0.15, -0.1) is 0 Å². The molecule has 3 nitrogen and oxygen atoms in total. The zero-order valence-electron chi connectivity index (χ0n) is 6.52. The Bertz CT molecular complexity index is 102. The van der Waals surface area contributed by atoms with Crippen LogP contribution < -0.4 is 5.32 Å². The van der Waals surface area contributed by atoms with Gasteiger partial charge in [-0.2, -0.15) is 0 Å². The van der Waals surface area contributed by atoms with E-state index in [1.165, 1.54) is 0 Å². The average molecular weight is 144 g/mol. The Morgan fingerprint density at radius 2 is 2.30 bits per heavy atom. The van der Waals surface area contributed by atoms with Gasteiger partial charge < -0.3 is 10.1 Å². The molecule has 10 heavy (non-hydrogen) atoms. The van der Waals surface area contributed by atoms with Gasteiger partial charge in [0, 0.05) is 6.04 Å². The Labute approximate surface area is 61.8 Å². The Balaban J connectivity index is 3.26. The lowest BCUT2D eigenvalue weighted by Crippen LogP contribution is -2.30. The van der Waals surface area contributed by atoms with Crippen molar-refractivity contribution in [3.63, 3.8) is 0 Å². The zero-order chi connectivity index (χ0) is 7.98. The number of ether oxygens (including phenoxy) is 1. The summed E-state index contributed by atoms with van der Waals surface area (Å²) in [6, 6.07) is 0.136. The monoisotopic (exact) mass is 144 g/mol. The number of carbonyl (C=O) groups excluding carboxylic acids is 1. The third-order valence-electron chi connectivity index (χ3n) is 0.784. The molecule has 0 aromatic heterocycles. The van der Waals surface area contributed by atoms with Crippen LogP contribution in [0.3, 0.4) is 0 Å². The minimum atomic E-state index is -0.362. The van der Waals surface area contributed by atoms with E-state index in [0.717, 1.165) is 0 Å². The van der Waals surface area contributed by atoms with E-state index in [9.17, 15) is 4.79 Å². The van der Waals surface area contributed by atoms with Crippen LogP contribution in [0.25, 0.3) is 0 Å². The van der Waals surface area contributed by atoms with Crippen LogP contribution in [-0.4, -0.2) is 18.7 Å².